The van der Waals surface area contributed by atoms with Gasteiger partial charge in [-0.1, -0.05) is 18.2 Å². The lowest BCUT2D eigenvalue weighted by Crippen LogP contribution is -2.37. The van der Waals surface area contributed by atoms with Gasteiger partial charge in [0.05, 0.1) is 25.4 Å². The molecule has 0 bridgehead atoms. The molecule has 2 aromatic carbocycles. The number of ether oxygens (including phenoxy) is 2. The summed E-state index contributed by atoms with van der Waals surface area (Å²) in [6, 6.07) is 11.4. The lowest BCUT2D eigenvalue weighted by Gasteiger charge is -2.18. The monoisotopic (exact) mass is 428 g/mol. The number of halogens is 1. The van der Waals surface area contributed by atoms with Gasteiger partial charge in [0.2, 0.25) is 0 Å². The molecule has 2 N–H and O–H groups in total. The summed E-state index contributed by atoms with van der Waals surface area (Å²) in [4.78, 5) is 6.38. The molecule has 0 aromatic heterocycles. The summed E-state index contributed by atoms with van der Waals surface area (Å²) in [5, 5.41) is 6.61. The second-order valence-electron chi connectivity index (χ2n) is 7.94. The normalized spacial score (nSPS) is 16.3. The van der Waals surface area contributed by atoms with E-state index in [9.17, 15) is 4.39 Å². The molecule has 1 aliphatic heterocycles. The molecule has 0 aliphatic carbocycles. The summed E-state index contributed by atoms with van der Waals surface area (Å²) in [6.07, 6.45) is 1.01. The number of rotatable bonds is 8. The zero-order valence-electron chi connectivity index (χ0n) is 18.9. The van der Waals surface area contributed by atoms with Crippen LogP contribution in [0.5, 0.6) is 5.75 Å². The Labute approximate surface area is 184 Å². The minimum atomic E-state index is -0.243. The number of aryl methyl sites for hydroxylation is 1. The molecule has 168 valence electrons. The van der Waals surface area contributed by atoms with Crippen LogP contribution in [0.15, 0.2) is 41.4 Å². The molecule has 2 aromatic rings. The summed E-state index contributed by atoms with van der Waals surface area (Å²) in [5.41, 5.74) is 3.60. The highest BCUT2D eigenvalue weighted by Gasteiger charge is 2.18. The Morgan fingerprint density at radius 3 is 2.74 bits per heavy atom. The zero-order valence-corrected chi connectivity index (χ0v) is 18.9. The molecule has 31 heavy (non-hydrogen) atoms. The number of guanidine groups is 1. The Hall–Kier alpha value is -2.80. The van der Waals surface area contributed by atoms with Gasteiger partial charge in [0.15, 0.2) is 5.96 Å². The molecule has 6 nitrogen and oxygen atoms in total. The minimum absolute atomic E-state index is 0.0995. The van der Waals surface area contributed by atoms with Gasteiger partial charge in [-0.15, -0.1) is 0 Å². The van der Waals surface area contributed by atoms with E-state index in [0.717, 1.165) is 42.0 Å². The van der Waals surface area contributed by atoms with Crippen LogP contribution in [0.3, 0.4) is 0 Å². The van der Waals surface area contributed by atoms with Crippen molar-refractivity contribution in [3.05, 3.63) is 58.9 Å². The third-order valence-corrected chi connectivity index (χ3v) is 5.11. The Bertz CT molecular complexity index is 895. The van der Waals surface area contributed by atoms with Crippen molar-refractivity contribution in [2.24, 2.45) is 4.99 Å². The zero-order chi connectivity index (χ0) is 22.2. The summed E-state index contributed by atoms with van der Waals surface area (Å²) in [6.45, 7) is 7.15. The molecule has 1 aliphatic rings. The highest BCUT2D eigenvalue weighted by molar-refractivity contribution is 5.79. The Morgan fingerprint density at radius 2 is 2.06 bits per heavy atom. The van der Waals surface area contributed by atoms with E-state index in [-0.39, 0.29) is 11.9 Å². The van der Waals surface area contributed by atoms with Gasteiger partial charge in [0.1, 0.15) is 17.7 Å². The van der Waals surface area contributed by atoms with E-state index in [4.69, 9.17) is 9.47 Å². The lowest BCUT2D eigenvalue weighted by atomic mass is 10.1. The predicted molar refractivity (Wildman–Crippen MR) is 123 cm³/mol. The van der Waals surface area contributed by atoms with Crippen LogP contribution >= 0.6 is 0 Å². The second-order valence-corrected chi connectivity index (χ2v) is 7.94. The third-order valence-electron chi connectivity index (χ3n) is 5.11. The van der Waals surface area contributed by atoms with Gasteiger partial charge in [0.25, 0.3) is 0 Å². The van der Waals surface area contributed by atoms with Gasteiger partial charge in [-0.25, -0.2) is 9.38 Å². The smallest absolute Gasteiger partial charge is 0.191 e. The van der Waals surface area contributed by atoms with E-state index in [1.165, 1.54) is 6.07 Å². The molecule has 1 saturated heterocycles. The van der Waals surface area contributed by atoms with Gasteiger partial charge >= 0.3 is 0 Å². The van der Waals surface area contributed by atoms with Crippen LogP contribution in [0, 0.1) is 12.7 Å². The average Bonchev–Trinajstić information content (AvgIpc) is 3.24. The van der Waals surface area contributed by atoms with E-state index in [2.05, 4.69) is 40.7 Å². The van der Waals surface area contributed by atoms with Gasteiger partial charge in [-0.2, -0.15) is 0 Å². The molecular weight excluding hydrogens is 395 g/mol. The summed E-state index contributed by atoms with van der Waals surface area (Å²) in [5.74, 6) is 1.31. The Morgan fingerprint density at radius 1 is 1.23 bits per heavy atom. The van der Waals surface area contributed by atoms with E-state index < -0.39 is 0 Å². The van der Waals surface area contributed by atoms with Crippen LogP contribution in [0.1, 0.15) is 30.0 Å². The van der Waals surface area contributed by atoms with Gasteiger partial charge in [-0.05, 0) is 43.2 Å². The van der Waals surface area contributed by atoms with Crippen molar-refractivity contribution in [1.82, 2.24) is 10.6 Å². The quantitative estimate of drug-likeness (QED) is 0.497. The molecular formula is C24H33FN4O2. The van der Waals surface area contributed by atoms with Crippen LogP contribution in [0.2, 0.25) is 0 Å². The molecule has 1 atom stereocenters. The van der Waals surface area contributed by atoms with Crippen molar-refractivity contribution < 1.29 is 13.9 Å². The average molecular weight is 429 g/mol. The lowest BCUT2D eigenvalue weighted by molar-refractivity contribution is 0.140. The molecule has 7 heteroatoms. The summed E-state index contributed by atoms with van der Waals surface area (Å²) >= 11 is 0. The van der Waals surface area contributed by atoms with E-state index in [1.54, 1.807) is 11.0 Å². The van der Waals surface area contributed by atoms with Crippen molar-refractivity contribution in [1.29, 1.82) is 0 Å². The number of benzene rings is 2. The molecule has 0 spiro atoms. The van der Waals surface area contributed by atoms with Crippen molar-refractivity contribution in [3.8, 4) is 5.75 Å². The van der Waals surface area contributed by atoms with Crippen LogP contribution in [0.4, 0.5) is 10.1 Å². The number of nitrogens with one attached hydrogen (secondary N) is 2. The van der Waals surface area contributed by atoms with Crippen LogP contribution < -0.4 is 20.3 Å². The summed E-state index contributed by atoms with van der Waals surface area (Å²) in [7, 11) is 3.65. The first-order valence-corrected chi connectivity index (χ1v) is 10.8. The minimum Gasteiger partial charge on any atom is -0.488 e. The maximum absolute atomic E-state index is 14.2. The Kier molecular flexibility index (Phi) is 8.12. The van der Waals surface area contributed by atoms with Crippen molar-refractivity contribution in [3.63, 3.8) is 0 Å². The van der Waals surface area contributed by atoms with Gasteiger partial charge < -0.3 is 25.0 Å². The first-order chi connectivity index (χ1) is 15.0. The van der Waals surface area contributed by atoms with Crippen LogP contribution in [-0.2, 0) is 17.8 Å². The Balaban J connectivity index is 1.67. The fraction of sp³-hybridized carbons (Fsp3) is 0.458. The van der Waals surface area contributed by atoms with Crippen LogP contribution in [-0.4, -0.2) is 45.9 Å². The number of hydrogen-bond donors (Lipinski definition) is 2. The summed E-state index contributed by atoms with van der Waals surface area (Å²) < 4.78 is 25.9. The molecule has 1 heterocycles. The number of hydrogen-bond acceptors (Lipinski definition) is 4. The first kappa shape index (κ1) is 22.9. The predicted octanol–water partition coefficient (Wildman–Crippen LogP) is 3.62. The highest BCUT2D eigenvalue weighted by Crippen LogP contribution is 2.24. The molecule has 3 rings (SSSR count). The number of nitrogens with zero attached hydrogens (tertiary/aromatic N) is 2. The van der Waals surface area contributed by atoms with Crippen LogP contribution in [0.25, 0.3) is 0 Å². The van der Waals surface area contributed by atoms with Gasteiger partial charge in [-0.3, -0.25) is 0 Å². The SMILES string of the molecule is CCNC(=NCc1ccc(N(C)C)c(F)c1)NCc1ccc(C)cc1OC1CCOC1. The van der Waals surface area contributed by atoms with Crippen molar-refractivity contribution in [2.45, 2.75) is 39.5 Å². The van der Waals surface area contributed by atoms with Crippen molar-refractivity contribution in [2.75, 3.05) is 38.8 Å². The molecule has 0 amide bonds. The maximum atomic E-state index is 14.2. The fourth-order valence-corrected chi connectivity index (χ4v) is 3.41. The van der Waals surface area contributed by atoms with E-state index in [0.29, 0.717) is 31.3 Å². The van der Waals surface area contributed by atoms with E-state index >= 15 is 0 Å². The van der Waals surface area contributed by atoms with Crippen molar-refractivity contribution >= 4 is 11.6 Å². The molecule has 1 unspecified atom stereocenters. The maximum Gasteiger partial charge on any atom is 0.191 e. The molecule has 0 saturated carbocycles. The third kappa shape index (κ3) is 6.59. The highest BCUT2D eigenvalue weighted by atomic mass is 19.1. The first-order valence-electron chi connectivity index (χ1n) is 10.8. The number of aliphatic imine (C=N–C) groups is 1. The standard InChI is InChI=1S/C24H33FN4O2/c1-5-26-24(27-14-18-7-9-22(29(3)4)21(25)13-18)28-15-19-8-6-17(2)12-23(19)31-20-10-11-30-16-20/h6-9,12-13,20H,5,10-11,14-16H2,1-4H3,(H2,26,27,28). The molecule has 0 radical (unpaired) electrons. The fourth-order valence-electron chi connectivity index (χ4n) is 3.41. The van der Waals surface area contributed by atoms with Gasteiger partial charge in [0, 0.05) is 39.2 Å². The molecule has 1 fully saturated rings. The number of anilines is 1. The topological polar surface area (TPSA) is 58.1 Å². The van der Waals surface area contributed by atoms with E-state index in [1.807, 2.05) is 27.1 Å². The largest absolute Gasteiger partial charge is 0.488 e. The second kappa shape index (κ2) is 11.0.